The van der Waals surface area contributed by atoms with Gasteiger partial charge in [-0.3, -0.25) is 0 Å². The average Bonchev–Trinajstić information content (AvgIpc) is 2.36. The molecular weight excluding hydrogens is 266 g/mol. The highest BCUT2D eigenvalue weighted by molar-refractivity contribution is 7.99. The summed E-state index contributed by atoms with van der Waals surface area (Å²) in [5, 5.41) is 0.581. The van der Waals surface area contributed by atoms with E-state index in [0.29, 0.717) is 10.7 Å². The third kappa shape index (κ3) is 2.74. The SMILES string of the molecule is COc1ccccc1Sc1cc(Cl)c(N)cc1C. The second-order valence-corrected chi connectivity index (χ2v) is 5.38. The van der Waals surface area contributed by atoms with Crippen molar-refractivity contribution in [3.05, 3.63) is 47.0 Å². The molecular formula is C14H14ClNOS. The Morgan fingerprint density at radius 2 is 1.89 bits per heavy atom. The highest BCUT2D eigenvalue weighted by Gasteiger charge is 2.08. The van der Waals surface area contributed by atoms with Gasteiger partial charge in [0.1, 0.15) is 5.75 Å². The van der Waals surface area contributed by atoms with Gasteiger partial charge in [0.05, 0.1) is 22.7 Å². The van der Waals surface area contributed by atoms with Crippen molar-refractivity contribution >= 4 is 29.1 Å². The molecule has 0 aromatic heterocycles. The summed E-state index contributed by atoms with van der Waals surface area (Å²) >= 11 is 7.68. The van der Waals surface area contributed by atoms with Crippen LogP contribution in [0.5, 0.6) is 5.75 Å². The lowest BCUT2D eigenvalue weighted by Gasteiger charge is -2.11. The molecule has 0 amide bonds. The molecule has 4 heteroatoms. The van der Waals surface area contributed by atoms with E-state index in [9.17, 15) is 0 Å². The lowest BCUT2D eigenvalue weighted by molar-refractivity contribution is 0.405. The van der Waals surface area contributed by atoms with Gasteiger partial charge in [0.2, 0.25) is 0 Å². The smallest absolute Gasteiger partial charge is 0.132 e. The molecule has 18 heavy (non-hydrogen) atoms. The average molecular weight is 280 g/mol. The van der Waals surface area contributed by atoms with Crippen molar-refractivity contribution < 1.29 is 4.74 Å². The minimum atomic E-state index is 0.581. The number of halogens is 1. The number of nitrogen functional groups attached to an aromatic ring is 1. The van der Waals surface area contributed by atoms with Gasteiger partial charge in [0, 0.05) is 4.90 Å². The first-order valence-corrected chi connectivity index (χ1v) is 6.67. The van der Waals surface area contributed by atoms with Crippen LogP contribution in [0.4, 0.5) is 5.69 Å². The first-order chi connectivity index (χ1) is 8.61. The fourth-order valence-electron chi connectivity index (χ4n) is 1.62. The summed E-state index contributed by atoms with van der Waals surface area (Å²) in [6, 6.07) is 11.7. The maximum Gasteiger partial charge on any atom is 0.132 e. The van der Waals surface area contributed by atoms with Crippen LogP contribution in [0.2, 0.25) is 5.02 Å². The zero-order valence-electron chi connectivity index (χ0n) is 10.2. The van der Waals surface area contributed by atoms with E-state index in [-0.39, 0.29) is 0 Å². The van der Waals surface area contributed by atoms with E-state index in [1.54, 1.807) is 18.9 Å². The van der Waals surface area contributed by atoms with Crippen LogP contribution in [0.15, 0.2) is 46.2 Å². The number of methoxy groups -OCH3 is 1. The molecule has 0 atom stereocenters. The molecule has 0 aliphatic carbocycles. The van der Waals surface area contributed by atoms with E-state index in [1.807, 2.05) is 43.3 Å². The zero-order chi connectivity index (χ0) is 13.1. The molecule has 0 heterocycles. The molecule has 0 radical (unpaired) electrons. The Morgan fingerprint density at radius 1 is 1.17 bits per heavy atom. The van der Waals surface area contributed by atoms with Crippen LogP contribution in [0.3, 0.4) is 0 Å². The number of para-hydroxylation sites is 1. The first-order valence-electron chi connectivity index (χ1n) is 5.48. The van der Waals surface area contributed by atoms with Gasteiger partial charge in [-0.2, -0.15) is 0 Å². The Balaban J connectivity index is 2.37. The molecule has 0 aliphatic rings. The third-order valence-corrected chi connectivity index (χ3v) is 4.13. The summed E-state index contributed by atoms with van der Waals surface area (Å²) < 4.78 is 5.33. The fourth-order valence-corrected chi connectivity index (χ4v) is 2.88. The van der Waals surface area contributed by atoms with Gasteiger partial charge >= 0.3 is 0 Å². The van der Waals surface area contributed by atoms with Crippen molar-refractivity contribution in [2.75, 3.05) is 12.8 Å². The zero-order valence-corrected chi connectivity index (χ0v) is 11.8. The predicted octanol–water partition coefficient (Wildman–Crippen LogP) is 4.39. The van der Waals surface area contributed by atoms with Gasteiger partial charge in [-0.1, -0.05) is 35.5 Å². The maximum absolute atomic E-state index is 6.06. The molecule has 0 unspecified atom stereocenters. The van der Waals surface area contributed by atoms with Crippen LogP contribution in [-0.2, 0) is 0 Å². The number of ether oxygens (including phenoxy) is 1. The van der Waals surface area contributed by atoms with Crippen LogP contribution < -0.4 is 10.5 Å². The topological polar surface area (TPSA) is 35.2 Å². The number of nitrogens with two attached hydrogens (primary N) is 1. The summed E-state index contributed by atoms with van der Waals surface area (Å²) in [7, 11) is 1.67. The monoisotopic (exact) mass is 279 g/mol. The van der Waals surface area contributed by atoms with E-state index >= 15 is 0 Å². The molecule has 2 aromatic rings. The van der Waals surface area contributed by atoms with Gasteiger partial charge in [-0.15, -0.1) is 0 Å². The van der Waals surface area contributed by atoms with Gasteiger partial charge in [0.25, 0.3) is 0 Å². The predicted molar refractivity (Wildman–Crippen MR) is 77.7 cm³/mol. The molecule has 0 bridgehead atoms. The number of aryl methyl sites for hydroxylation is 1. The molecule has 0 saturated carbocycles. The van der Waals surface area contributed by atoms with Crippen molar-refractivity contribution in [3.8, 4) is 5.75 Å². The Hall–Kier alpha value is -1.32. The van der Waals surface area contributed by atoms with Crippen molar-refractivity contribution in [3.63, 3.8) is 0 Å². The minimum Gasteiger partial charge on any atom is -0.496 e. The quantitative estimate of drug-likeness (QED) is 0.846. The summed E-state index contributed by atoms with van der Waals surface area (Å²) in [6.07, 6.45) is 0. The number of hydrogen-bond acceptors (Lipinski definition) is 3. The Bertz CT molecular complexity index is 572. The van der Waals surface area contributed by atoms with Gasteiger partial charge in [-0.05, 0) is 36.8 Å². The second-order valence-electron chi connectivity index (χ2n) is 3.89. The molecule has 2 N–H and O–H groups in total. The van der Waals surface area contributed by atoms with Gasteiger partial charge in [-0.25, -0.2) is 0 Å². The van der Waals surface area contributed by atoms with E-state index in [1.165, 1.54) is 0 Å². The van der Waals surface area contributed by atoms with E-state index in [0.717, 1.165) is 21.1 Å². The van der Waals surface area contributed by atoms with E-state index < -0.39 is 0 Å². The molecule has 2 rings (SSSR count). The van der Waals surface area contributed by atoms with Crippen molar-refractivity contribution in [1.29, 1.82) is 0 Å². The molecule has 0 fully saturated rings. The highest BCUT2D eigenvalue weighted by Crippen LogP contribution is 2.38. The normalized spacial score (nSPS) is 10.4. The van der Waals surface area contributed by atoms with Gasteiger partial charge in [0.15, 0.2) is 0 Å². The Morgan fingerprint density at radius 3 is 2.61 bits per heavy atom. The standard InChI is InChI=1S/C14H14ClNOS/c1-9-7-11(16)10(15)8-14(9)18-13-6-4-3-5-12(13)17-2/h3-8H,16H2,1-2H3. The van der Waals surface area contributed by atoms with E-state index in [2.05, 4.69) is 0 Å². The molecule has 2 nitrogen and oxygen atoms in total. The van der Waals surface area contributed by atoms with Crippen molar-refractivity contribution in [2.24, 2.45) is 0 Å². The molecule has 0 spiro atoms. The summed E-state index contributed by atoms with van der Waals surface area (Å²) in [5.74, 6) is 0.856. The highest BCUT2D eigenvalue weighted by atomic mass is 35.5. The van der Waals surface area contributed by atoms with Crippen LogP contribution >= 0.6 is 23.4 Å². The Kier molecular flexibility index (Phi) is 4.04. The van der Waals surface area contributed by atoms with Crippen LogP contribution in [0, 0.1) is 6.92 Å². The van der Waals surface area contributed by atoms with Crippen molar-refractivity contribution in [2.45, 2.75) is 16.7 Å². The summed E-state index contributed by atoms with van der Waals surface area (Å²) in [5.41, 5.74) is 7.49. The first kappa shape index (κ1) is 13.1. The largest absolute Gasteiger partial charge is 0.496 e. The number of rotatable bonds is 3. The van der Waals surface area contributed by atoms with Gasteiger partial charge < -0.3 is 10.5 Å². The van der Waals surface area contributed by atoms with Crippen molar-refractivity contribution in [1.82, 2.24) is 0 Å². The maximum atomic E-state index is 6.06. The minimum absolute atomic E-state index is 0.581. The molecule has 0 saturated heterocycles. The van der Waals surface area contributed by atoms with E-state index in [4.69, 9.17) is 22.1 Å². The molecule has 0 aliphatic heterocycles. The molecule has 94 valence electrons. The number of benzene rings is 2. The fraction of sp³-hybridized carbons (Fsp3) is 0.143. The van der Waals surface area contributed by atoms with Crippen LogP contribution in [0.25, 0.3) is 0 Å². The summed E-state index contributed by atoms with van der Waals surface area (Å²) in [4.78, 5) is 2.14. The van der Waals surface area contributed by atoms with Crippen LogP contribution in [-0.4, -0.2) is 7.11 Å². The second kappa shape index (κ2) is 5.55. The molecule has 2 aromatic carbocycles. The summed E-state index contributed by atoms with van der Waals surface area (Å²) in [6.45, 7) is 2.02. The third-order valence-electron chi connectivity index (χ3n) is 2.58. The lowest BCUT2D eigenvalue weighted by atomic mass is 10.2. The number of hydrogen-bond donors (Lipinski definition) is 1. The Labute approximate surface area is 116 Å². The lowest BCUT2D eigenvalue weighted by Crippen LogP contribution is -1.90. The number of anilines is 1. The van der Waals surface area contributed by atoms with Crippen LogP contribution in [0.1, 0.15) is 5.56 Å².